The SMILES string of the molecule is C[N+](C)(C)[C@@H](CS)C(=O)O. The van der Waals surface area contributed by atoms with E-state index in [9.17, 15) is 4.79 Å². The topological polar surface area (TPSA) is 37.3 Å². The number of hydrogen-bond acceptors (Lipinski definition) is 2. The number of quaternary nitrogens is 1. The molecular formula is C6H14NO2S+. The van der Waals surface area contributed by atoms with Crippen LogP contribution in [-0.4, -0.2) is 48.5 Å². The van der Waals surface area contributed by atoms with E-state index in [-0.39, 0.29) is 0 Å². The zero-order valence-electron chi connectivity index (χ0n) is 6.53. The molecule has 60 valence electrons. The molecule has 0 bridgehead atoms. The predicted molar refractivity (Wildman–Crippen MR) is 43.3 cm³/mol. The highest BCUT2D eigenvalue weighted by molar-refractivity contribution is 7.80. The number of rotatable bonds is 3. The van der Waals surface area contributed by atoms with Crippen molar-refractivity contribution in [3.63, 3.8) is 0 Å². The molecular weight excluding hydrogens is 150 g/mol. The van der Waals surface area contributed by atoms with Crippen LogP contribution in [-0.2, 0) is 4.79 Å². The van der Waals surface area contributed by atoms with Crippen LogP contribution in [0.2, 0.25) is 0 Å². The summed E-state index contributed by atoms with van der Waals surface area (Å²) in [6.07, 6.45) is 0. The van der Waals surface area contributed by atoms with Crippen molar-refractivity contribution in [2.45, 2.75) is 6.04 Å². The van der Waals surface area contributed by atoms with E-state index < -0.39 is 12.0 Å². The van der Waals surface area contributed by atoms with Crippen molar-refractivity contribution in [1.29, 1.82) is 0 Å². The van der Waals surface area contributed by atoms with Crippen LogP contribution >= 0.6 is 12.6 Å². The van der Waals surface area contributed by atoms with E-state index in [1.807, 2.05) is 21.1 Å². The van der Waals surface area contributed by atoms with Gasteiger partial charge in [-0.05, 0) is 0 Å². The van der Waals surface area contributed by atoms with Gasteiger partial charge >= 0.3 is 5.97 Å². The number of thiol groups is 1. The number of aliphatic carboxylic acids is 1. The molecule has 0 aliphatic rings. The summed E-state index contributed by atoms with van der Waals surface area (Å²) in [5.41, 5.74) is 0. The van der Waals surface area contributed by atoms with Gasteiger partial charge in [0.25, 0.3) is 0 Å². The molecule has 0 spiro atoms. The van der Waals surface area contributed by atoms with E-state index in [2.05, 4.69) is 12.6 Å². The van der Waals surface area contributed by atoms with Gasteiger partial charge in [0, 0.05) is 0 Å². The first-order valence-corrected chi connectivity index (χ1v) is 3.67. The van der Waals surface area contributed by atoms with Gasteiger partial charge in [-0.3, -0.25) is 0 Å². The third-order valence-corrected chi connectivity index (χ3v) is 1.74. The number of carboxylic acid groups (broad SMARTS) is 1. The van der Waals surface area contributed by atoms with Gasteiger partial charge in [0.05, 0.1) is 26.9 Å². The summed E-state index contributed by atoms with van der Waals surface area (Å²) in [4.78, 5) is 10.5. The number of likely N-dealkylation sites (N-methyl/N-ethyl adjacent to an activating group) is 1. The summed E-state index contributed by atoms with van der Waals surface area (Å²) in [5.74, 6) is -0.416. The molecule has 0 radical (unpaired) electrons. The minimum atomic E-state index is -0.789. The number of carbonyl (C=O) groups is 1. The highest BCUT2D eigenvalue weighted by Gasteiger charge is 2.29. The highest BCUT2D eigenvalue weighted by Crippen LogP contribution is 2.04. The smallest absolute Gasteiger partial charge is 0.363 e. The van der Waals surface area contributed by atoms with Gasteiger partial charge in [0.1, 0.15) is 0 Å². The second-order valence-corrected chi connectivity index (χ2v) is 3.52. The summed E-state index contributed by atoms with van der Waals surface area (Å²) in [6.45, 7) is 0. The Labute approximate surface area is 66.6 Å². The van der Waals surface area contributed by atoms with Crippen LogP contribution in [0.3, 0.4) is 0 Å². The van der Waals surface area contributed by atoms with E-state index >= 15 is 0 Å². The van der Waals surface area contributed by atoms with Crippen molar-refractivity contribution in [2.75, 3.05) is 26.9 Å². The first kappa shape index (κ1) is 9.78. The third-order valence-electron chi connectivity index (χ3n) is 1.39. The monoisotopic (exact) mass is 164 g/mol. The molecule has 0 aromatic heterocycles. The van der Waals surface area contributed by atoms with Crippen LogP contribution in [0.4, 0.5) is 0 Å². The van der Waals surface area contributed by atoms with Crippen LogP contribution in [0.25, 0.3) is 0 Å². The lowest BCUT2D eigenvalue weighted by Crippen LogP contribution is -2.50. The Morgan fingerprint density at radius 3 is 2.00 bits per heavy atom. The van der Waals surface area contributed by atoms with Gasteiger partial charge in [-0.2, -0.15) is 12.6 Å². The number of nitrogens with zero attached hydrogens (tertiary/aromatic N) is 1. The van der Waals surface area contributed by atoms with Crippen molar-refractivity contribution < 1.29 is 14.4 Å². The maximum absolute atomic E-state index is 10.5. The lowest BCUT2D eigenvalue weighted by Gasteiger charge is -2.29. The van der Waals surface area contributed by atoms with Gasteiger partial charge in [-0.15, -0.1) is 0 Å². The summed E-state index contributed by atoms with van der Waals surface area (Å²) in [7, 11) is 5.53. The third kappa shape index (κ3) is 2.58. The van der Waals surface area contributed by atoms with Crippen LogP contribution in [0.1, 0.15) is 0 Å². The molecule has 0 aliphatic carbocycles. The fourth-order valence-corrected chi connectivity index (χ4v) is 1.30. The standard InChI is InChI=1S/C6H13NO2S/c1-7(2,3)5(4-10)6(8)9/h5H,4H2,1-3H3,(H-,8,9,10)/p+1/t5-/m0/s1. The summed E-state index contributed by atoms with van der Waals surface area (Å²) in [6, 6.07) is -0.414. The molecule has 0 amide bonds. The Kier molecular flexibility index (Phi) is 3.18. The zero-order valence-corrected chi connectivity index (χ0v) is 7.43. The molecule has 0 saturated carbocycles. The second kappa shape index (κ2) is 3.25. The fraction of sp³-hybridized carbons (Fsp3) is 0.833. The van der Waals surface area contributed by atoms with Crippen LogP contribution in [0, 0.1) is 0 Å². The van der Waals surface area contributed by atoms with E-state index in [0.717, 1.165) is 0 Å². The molecule has 0 heterocycles. The van der Waals surface area contributed by atoms with Gasteiger partial charge in [0.15, 0.2) is 6.04 Å². The van der Waals surface area contributed by atoms with E-state index in [4.69, 9.17) is 5.11 Å². The Morgan fingerprint density at radius 1 is 1.60 bits per heavy atom. The van der Waals surface area contributed by atoms with Crippen LogP contribution < -0.4 is 0 Å². The molecule has 4 heteroatoms. The highest BCUT2D eigenvalue weighted by atomic mass is 32.1. The van der Waals surface area contributed by atoms with Crippen molar-refractivity contribution in [2.24, 2.45) is 0 Å². The Morgan fingerprint density at radius 2 is 2.00 bits per heavy atom. The van der Waals surface area contributed by atoms with Crippen molar-refractivity contribution in [1.82, 2.24) is 0 Å². The minimum absolute atomic E-state index is 0.374. The summed E-state index contributed by atoms with van der Waals surface area (Å²) in [5, 5.41) is 8.64. The maximum atomic E-state index is 10.5. The molecule has 0 aliphatic heterocycles. The van der Waals surface area contributed by atoms with Gasteiger partial charge < -0.3 is 9.59 Å². The molecule has 0 aromatic rings. The van der Waals surface area contributed by atoms with E-state index in [0.29, 0.717) is 10.2 Å². The molecule has 0 rings (SSSR count). The molecule has 0 saturated heterocycles. The molecule has 3 nitrogen and oxygen atoms in total. The number of hydrogen-bond donors (Lipinski definition) is 2. The van der Waals surface area contributed by atoms with Gasteiger partial charge in [0.2, 0.25) is 0 Å². The van der Waals surface area contributed by atoms with Crippen molar-refractivity contribution >= 4 is 18.6 Å². The number of carboxylic acids is 1. The molecule has 10 heavy (non-hydrogen) atoms. The first-order chi connectivity index (χ1) is 4.39. The lowest BCUT2D eigenvalue weighted by atomic mass is 10.3. The largest absolute Gasteiger partial charge is 0.477 e. The Balaban J connectivity index is 4.22. The minimum Gasteiger partial charge on any atom is -0.477 e. The Bertz CT molecular complexity index is 130. The molecule has 1 atom stereocenters. The quantitative estimate of drug-likeness (QED) is 0.458. The van der Waals surface area contributed by atoms with Gasteiger partial charge in [-0.1, -0.05) is 0 Å². The lowest BCUT2D eigenvalue weighted by molar-refractivity contribution is -0.884. The predicted octanol–water partition coefficient (Wildman–Crippen LogP) is 0.0756. The van der Waals surface area contributed by atoms with E-state index in [1.54, 1.807) is 0 Å². The molecule has 0 aromatic carbocycles. The average Bonchev–Trinajstić information content (AvgIpc) is 1.60. The molecule has 0 fully saturated rings. The van der Waals surface area contributed by atoms with Crippen LogP contribution in [0.15, 0.2) is 0 Å². The maximum Gasteiger partial charge on any atom is 0.363 e. The van der Waals surface area contributed by atoms with Crippen LogP contribution in [0.5, 0.6) is 0 Å². The van der Waals surface area contributed by atoms with E-state index in [1.165, 1.54) is 0 Å². The Hall–Kier alpha value is -0.220. The average molecular weight is 164 g/mol. The van der Waals surface area contributed by atoms with Crippen molar-refractivity contribution in [3.8, 4) is 0 Å². The fourth-order valence-electron chi connectivity index (χ4n) is 0.654. The van der Waals surface area contributed by atoms with Gasteiger partial charge in [-0.25, -0.2) is 4.79 Å². The second-order valence-electron chi connectivity index (χ2n) is 3.15. The summed E-state index contributed by atoms with van der Waals surface area (Å²) >= 11 is 3.95. The normalized spacial score (nSPS) is 14.8. The first-order valence-electron chi connectivity index (χ1n) is 3.04. The summed E-state index contributed by atoms with van der Waals surface area (Å²) < 4.78 is 0.416. The van der Waals surface area contributed by atoms with Crippen molar-refractivity contribution in [3.05, 3.63) is 0 Å². The molecule has 0 unspecified atom stereocenters. The zero-order chi connectivity index (χ0) is 8.36. The molecule has 1 N–H and O–H groups in total.